The van der Waals surface area contributed by atoms with E-state index in [1.54, 1.807) is 14.0 Å². The molecule has 0 radical (unpaired) electrons. The fraction of sp³-hybridized carbons (Fsp3) is 0.533. The first-order valence-electron chi connectivity index (χ1n) is 6.75. The van der Waals surface area contributed by atoms with Crippen LogP contribution >= 0.6 is 0 Å². The number of benzene rings is 1. The third kappa shape index (κ3) is 4.83. The maximum atomic E-state index is 11.9. The molecule has 5 heteroatoms. The second kappa shape index (κ2) is 7.87. The lowest BCUT2D eigenvalue weighted by atomic mass is 10.1. The molecule has 0 saturated heterocycles. The Morgan fingerprint density at radius 1 is 1.40 bits per heavy atom. The van der Waals surface area contributed by atoms with Crippen molar-refractivity contribution >= 4 is 5.91 Å². The van der Waals surface area contributed by atoms with Crippen LogP contribution in [0.4, 0.5) is 0 Å². The van der Waals surface area contributed by atoms with E-state index >= 15 is 0 Å². The van der Waals surface area contributed by atoms with Gasteiger partial charge in [0.15, 0.2) is 6.10 Å². The fourth-order valence-corrected chi connectivity index (χ4v) is 1.78. The number of rotatable bonds is 7. The lowest BCUT2D eigenvalue weighted by Gasteiger charge is -2.19. The summed E-state index contributed by atoms with van der Waals surface area (Å²) in [5.74, 6) is 0.494. The van der Waals surface area contributed by atoms with Gasteiger partial charge < -0.3 is 20.5 Å². The minimum Gasteiger partial charge on any atom is -0.481 e. The van der Waals surface area contributed by atoms with Crippen molar-refractivity contribution in [1.82, 2.24) is 5.32 Å². The molecule has 1 amide bonds. The van der Waals surface area contributed by atoms with Crippen LogP contribution in [0.15, 0.2) is 18.2 Å². The summed E-state index contributed by atoms with van der Waals surface area (Å²) in [5.41, 5.74) is 7.88. The highest BCUT2D eigenvalue weighted by Gasteiger charge is 2.17. The minimum absolute atomic E-state index is 0.144. The summed E-state index contributed by atoms with van der Waals surface area (Å²) in [6, 6.07) is 5.67. The summed E-state index contributed by atoms with van der Waals surface area (Å²) in [4.78, 5) is 11.9. The first-order valence-corrected chi connectivity index (χ1v) is 6.75. The van der Waals surface area contributed by atoms with E-state index in [9.17, 15) is 4.79 Å². The Morgan fingerprint density at radius 3 is 2.70 bits per heavy atom. The number of carbonyl (C=O) groups excluding carboxylic acids is 1. The van der Waals surface area contributed by atoms with Crippen LogP contribution in [0.2, 0.25) is 0 Å². The molecule has 0 saturated carbocycles. The van der Waals surface area contributed by atoms with Crippen LogP contribution in [0, 0.1) is 6.92 Å². The molecular formula is C15H24N2O3. The summed E-state index contributed by atoms with van der Waals surface area (Å²) in [6.45, 7) is 6.53. The van der Waals surface area contributed by atoms with E-state index in [1.165, 1.54) is 0 Å². The number of nitrogens with two attached hydrogens (primary N) is 1. The third-order valence-corrected chi connectivity index (χ3v) is 2.94. The van der Waals surface area contributed by atoms with Gasteiger partial charge in [-0.15, -0.1) is 0 Å². The Kier molecular flexibility index (Phi) is 6.48. The van der Waals surface area contributed by atoms with Gasteiger partial charge in [-0.3, -0.25) is 4.79 Å². The van der Waals surface area contributed by atoms with Gasteiger partial charge in [0, 0.05) is 25.3 Å². The SMILES string of the molecule is COCCNC(=O)C(C)Oc1cc(C)ccc1C(C)N. The Morgan fingerprint density at radius 2 is 2.10 bits per heavy atom. The molecular weight excluding hydrogens is 256 g/mol. The van der Waals surface area contributed by atoms with Crippen LogP contribution in [0.1, 0.15) is 31.0 Å². The zero-order valence-corrected chi connectivity index (χ0v) is 12.6. The van der Waals surface area contributed by atoms with Crippen molar-refractivity contribution < 1.29 is 14.3 Å². The van der Waals surface area contributed by atoms with Crippen molar-refractivity contribution in [2.45, 2.75) is 32.9 Å². The van der Waals surface area contributed by atoms with Gasteiger partial charge in [-0.25, -0.2) is 0 Å². The second-order valence-corrected chi connectivity index (χ2v) is 4.87. The zero-order chi connectivity index (χ0) is 15.1. The van der Waals surface area contributed by atoms with Crippen molar-refractivity contribution in [3.63, 3.8) is 0 Å². The van der Waals surface area contributed by atoms with E-state index in [2.05, 4.69) is 5.32 Å². The van der Waals surface area contributed by atoms with Gasteiger partial charge in [-0.1, -0.05) is 12.1 Å². The van der Waals surface area contributed by atoms with E-state index < -0.39 is 6.10 Å². The Balaban J connectivity index is 2.71. The van der Waals surface area contributed by atoms with Crippen molar-refractivity contribution in [2.75, 3.05) is 20.3 Å². The normalized spacial score (nSPS) is 13.7. The lowest BCUT2D eigenvalue weighted by Crippen LogP contribution is -2.38. The van der Waals surface area contributed by atoms with Crippen molar-refractivity contribution in [1.29, 1.82) is 0 Å². The van der Waals surface area contributed by atoms with E-state index in [0.29, 0.717) is 18.9 Å². The Bertz CT molecular complexity index is 447. The van der Waals surface area contributed by atoms with E-state index in [4.69, 9.17) is 15.2 Å². The quantitative estimate of drug-likeness (QED) is 0.743. The van der Waals surface area contributed by atoms with Gasteiger partial charge in [0.05, 0.1) is 6.61 Å². The molecule has 0 bridgehead atoms. The summed E-state index contributed by atoms with van der Waals surface area (Å²) in [5, 5.41) is 2.75. The first-order chi connectivity index (χ1) is 9.45. The smallest absolute Gasteiger partial charge is 0.260 e. The standard InChI is InChI=1S/C15H24N2O3/c1-10-5-6-13(11(2)16)14(9-10)20-12(3)15(18)17-7-8-19-4/h5-6,9,11-12H,7-8,16H2,1-4H3,(H,17,18). The van der Waals surface area contributed by atoms with Crippen molar-refractivity contribution in [3.8, 4) is 5.75 Å². The highest BCUT2D eigenvalue weighted by Crippen LogP contribution is 2.26. The molecule has 0 aliphatic rings. The topological polar surface area (TPSA) is 73.6 Å². The van der Waals surface area contributed by atoms with Gasteiger partial charge in [0.25, 0.3) is 5.91 Å². The Labute approximate surface area is 120 Å². The van der Waals surface area contributed by atoms with Crippen molar-refractivity contribution in [3.05, 3.63) is 29.3 Å². The molecule has 2 unspecified atom stereocenters. The van der Waals surface area contributed by atoms with E-state index in [0.717, 1.165) is 11.1 Å². The summed E-state index contributed by atoms with van der Waals surface area (Å²) < 4.78 is 10.6. The summed E-state index contributed by atoms with van der Waals surface area (Å²) in [7, 11) is 1.59. The molecule has 0 spiro atoms. The maximum Gasteiger partial charge on any atom is 0.260 e. The molecule has 3 N–H and O–H groups in total. The number of amides is 1. The molecule has 0 aliphatic carbocycles. The molecule has 112 valence electrons. The molecule has 20 heavy (non-hydrogen) atoms. The molecule has 0 fully saturated rings. The van der Waals surface area contributed by atoms with E-state index in [-0.39, 0.29) is 11.9 Å². The maximum absolute atomic E-state index is 11.9. The van der Waals surface area contributed by atoms with E-state index in [1.807, 2.05) is 32.0 Å². The molecule has 0 aromatic heterocycles. The van der Waals surface area contributed by atoms with Gasteiger partial charge in [-0.2, -0.15) is 0 Å². The van der Waals surface area contributed by atoms with Gasteiger partial charge in [0.2, 0.25) is 0 Å². The number of aryl methyl sites for hydroxylation is 1. The highest BCUT2D eigenvalue weighted by atomic mass is 16.5. The first kappa shape index (κ1) is 16.5. The van der Waals surface area contributed by atoms with Gasteiger partial charge in [-0.05, 0) is 32.4 Å². The number of hydrogen-bond acceptors (Lipinski definition) is 4. The number of methoxy groups -OCH3 is 1. The van der Waals surface area contributed by atoms with Crippen LogP contribution in [-0.2, 0) is 9.53 Å². The van der Waals surface area contributed by atoms with Crippen LogP contribution < -0.4 is 15.8 Å². The average Bonchev–Trinajstić information content (AvgIpc) is 2.38. The van der Waals surface area contributed by atoms with Crippen LogP contribution in [-0.4, -0.2) is 32.3 Å². The van der Waals surface area contributed by atoms with Crippen LogP contribution in [0.5, 0.6) is 5.75 Å². The Hall–Kier alpha value is -1.59. The predicted octanol–water partition coefficient (Wildman–Crippen LogP) is 1.54. The molecule has 1 aromatic rings. The number of carbonyl (C=O) groups is 1. The number of ether oxygens (including phenoxy) is 2. The predicted molar refractivity (Wildman–Crippen MR) is 78.8 cm³/mol. The van der Waals surface area contributed by atoms with Crippen LogP contribution in [0.3, 0.4) is 0 Å². The molecule has 5 nitrogen and oxygen atoms in total. The highest BCUT2D eigenvalue weighted by molar-refractivity contribution is 5.80. The minimum atomic E-state index is -0.578. The molecule has 1 aromatic carbocycles. The second-order valence-electron chi connectivity index (χ2n) is 4.87. The fourth-order valence-electron chi connectivity index (χ4n) is 1.78. The average molecular weight is 280 g/mol. The molecule has 2 atom stereocenters. The largest absolute Gasteiger partial charge is 0.481 e. The summed E-state index contributed by atoms with van der Waals surface area (Å²) in [6.07, 6.45) is -0.578. The molecule has 0 heterocycles. The number of nitrogens with one attached hydrogen (secondary N) is 1. The number of hydrogen-bond donors (Lipinski definition) is 2. The lowest BCUT2D eigenvalue weighted by molar-refractivity contribution is -0.127. The summed E-state index contributed by atoms with van der Waals surface area (Å²) >= 11 is 0. The molecule has 0 aliphatic heterocycles. The zero-order valence-electron chi connectivity index (χ0n) is 12.6. The third-order valence-electron chi connectivity index (χ3n) is 2.94. The van der Waals surface area contributed by atoms with Gasteiger partial charge >= 0.3 is 0 Å². The van der Waals surface area contributed by atoms with Crippen molar-refractivity contribution in [2.24, 2.45) is 5.73 Å². The molecule has 1 rings (SSSR count). The van der Waals surface area contributed by atoms with Crippen LogP contribution in [0.25, 0.3) is 0 Å². The van der Waals surface area contributed by atoms with Gasteiger partial charge in [0.1, 0.15) is 5.75 Å². The monoisotopic (exact) mass is 280 g/mol.